The van der Waals surface area contributed by atoms with Crippen molar-refractivity contribution in [2.75, 3.05) is 0 Å². The first-order valence-electron chi connectivity index (χ1n) is 6.08. The quantitative estimate of drug-likeness (QED) is 0.599. The van der Waals surface area contributed by atoms with Crippen LogP contribution in [0.15, 0.2) is 48.5 Å². The molecule has 0 N–H and O–H groups in total. The highest BCUT2D eigenvalue weighted by Crippen LogP contribution is 2.32. The SMILES string of the molecule is CCC(=O)Oc1ccccc1-c1ccccc1C. The first-order valence-corrected chi connectivity index (χ1v) is 6.08. The summed E-state index contributed by atoms with van der Waals surface area (Å²) in [6.07, 6.45) is 0.377. The highest BCUT2D eigenvalue weighted by molar-refractivity contribution is 5.78. The fourth-order valence-electron chi connectivity index (χ4n) is 1.85. The van der Waals surface area contributed by atoms with Crippen molar-refractivity contribution in [2.24, 2.45) is 0 Å². The first-order chi connectivity index (χ1) is 8.72. The van der Waals surface area contributed by atoms with Gasteiger partial charge in [-0.1, -0.05) is 49.4 Å². The summed E-state index contributed by atoms with van der Waals surface area (Å²) in [7, 11) is 0. The molecule has 0 heterocycles. The minimum Gasteiger partial charge on any atom is -0.426 e. The molecule has 0 aliphatic rings. The molecule has 0 aromatic heterocycles. The zero-order chi connectivity index (χ0) is 13.0. The summed E-state index contributed by atoms with van der Waals surface area (Å²) in [6.45, 7) is 3.84. The lowest BCUT2D eigenvalue weighted by Crippen LogP contribution is -2.06. The maximum absolute atomic E-state index is 11.4. The second-order valence-electron chi connectivity index (χ2n) is 4.14. The van der Waals surface area contributed by atoms with Crippen LogP contribution in [-0.2, 0) is 4.79 Å². The normalized spacial score (nSPS) is 10.1. The Kier molecular flexibility index (Phi) is 3.78. The summed E-state index contributed by atoms with van der Waals surface area (Å²) in [4.78, 5) is 11.4. The van der Waals surface area contributed by atoms with E-state index in [1.165, 1.54) is 0 Å². The molecular weight excluding hydrogens is 224 g/mol. The minimum atomic E-state index is -0.212. The molecule has 0 fully saturated rings. The van der Waals surface area contributed by atoms with Gasteiger partial charge in [0.15, 0.2) is 0 Å². The van der Waals surface area contributed by atoms with Crippen LogP contribution in [0.4, 0.5) is 0 Å². The van der Waals surface area contributed by atoms with Gasteiger partial charge in [0.25, 0.3) is 0 Å². The van der Waals surface area contributed by atoms with Gasteiger partial charge in [-0.15, -0.1) is 0 Å². The Morgan fingerprint density at radius 1 is 1.00 bits per heavy atom. The number of hydrogen-bond donors (Lipinski definition) is 0. The molecular formula is C16H16O2. The van der Waals surface area contributed by atoms with Crippen LogP contribution in [0.3, 0.4) is 0 Å². The van der Waals surface area contributed by atoms with Crippen molar-refractivity contribution in [3.63, 3.8) is 0 Å². The van der Waals surface area contributed by atoms with Gasteiger partial charge < -0.3 is 4.74 Å². The highest BCUT2D eigenvalue weighted by atomic mass is 16.5. The van der Waals surface area contributed by atoms with E-state index in [-0.39, 0.29) is 5.97 Å². The van der Waals surface area contributed by atoms with Crippen molar-refractivity contribution >= 4 is 5.97 Å². The van der Waals surface area contributed by atoms with Crippen molar-refractivity contribution in [1.29, 1.82) is 0 Å². The van der Waals surface area contributed by atoms with E-state index in [1.807, 2.05) is 55.5 Å². The van der Waals surface area contributed by atoms with Crippen LogP contribution in [0.5, 0.6) is 5.75 Å². The van der Waals surface area contributed by atoms with Gasteiger partial charge in [0.1, 0.15) is 5.75 Å². The number of para-hydroxylation sites is 1. The van der Waals surface area contributed by atoms with Crippen LogP contribution in [0.25, 0.3) is 11.1 Å². The Labute approximate surface area is 107 Å². The number of ether oxygens (including phenoxy) is 1. The summed E-state index contributed by atoms with van der Waals surface area (Å²) in [5, 5.41) is 0. The van der Waals surface area contributed by atoms with Gasteiger partial charge in [-0.25, -0.2) is 0 Å². The number of benzene rings is 2. The van der Waals surface area contributed by atoms with Crippen LogP contribution in [0, 0.1) is 6.92 Å². The van der Waals surface area contributed by atoms with E-state index in [2.05, 4.69) is 0 Å². The number of aryl methyl sites for hydroxylation is 1. The number of esters is 1. The molecule has 92 valence electrons. The van der Waals surface area contributed by atoms with Crippen LogP contribution >= 0.6 is 0 Å². The standard InChI is InChI=1S/C16H16O2/c1-3-16(17)18-15-11-7-6-10-14(15)13-9-5-4-8-12(13)2/h4-11H,3H2,1-2H3. The predicted molar refractivity (Wildman–Crippen MR) is 72.5 cm³/mol. The molecule has 0 spiro atoms. The fourth-order valence-corrected chi connectivity index (χ4v) is 1.85. The number of rotatable bonds is 3. The van der Waals surface area contributed by atoms with E-state index in [0.29, 0.717) is 12.2 Å². The summed E-state index contributed by atoms with van der Waals surface area (Å²) >= 11 is 0. The van der Waals surface area contributed by atoms with Crippen LogP contribution in [0.1, 0.15) is 18.9 Å². The molecule has 2 aromatic rings. The van der Waals surface area contributed by atoms with Crippen molar-refractivity contribution in [3.05, 3.63) is 54.1 Å². The molecule has 0 aliphatic heterocycles. The van der Waals surface area contributed by atoms with Gasteiger partial charge in [0.2, 0.25) is 0 Å². The van der Waals surface area contributed by atoms with E-state index in [9.17, 15) is 4.79 Å². The molecule has 0 radical (unpaired) electrons. The van der Waals surface area contributed by atoms with E-state index in [1.54, 1.807) is 6.92 Å². The van der Waals surface area contributed by atoms with Crippen molar-refractivity contribution in [3.8, 4) is 16.9 Å². The smallest absolute Gasteiger partial charge is 0.310 e. The Bertz CT molecular complexity index is 559. The van der Waals surface area contributed by atoms with Gasteiger partial charge in [-0.05, 0) is 24.1 Å². The van der Waals surface area contributed by atoms with Gasteiger partial charge in [0.05, 0.1) is 0 Å². The molecule has 0 atom stereocenters. The fraction of sp³-hybridized carbons (Fsp3) is 0.188. The lowest BCUT2D eigenvalue weighted by Gasteiger charge is -2.11. The molecule has 0 amide bonds. The molecule has 0 saturated heterocycles. The molecule has 2 heteroatoms. The van der Waals surface area contributed by atoms with E-state index < -0.39 is 0 Å². The van der Waals surface area contributed by atoms with Crippen LogP contribution in [-0.4, -0.2) is 5.97 Å². The second kappa shape index (κ2) is 5.50. The number of carbonyl (C=O) groups is 1. The number of hydrogen-bond acceptors (Lipinski definition) is 2. The average Bonchev–Trinajstić information content (AvgIpc) is 2.40. The Morgan fingerprint density at radius 3 is 2.28 bits per heavy atom. The van der Waals surface area contributed by atoms with Gasteiger partial charge in [0, 0.05) is 12.0 Å². The zero-order valence-electron chi connectivity index (χ0n) is 10.6. The van der Waals surface area contributed by atoms with Crippen LogP contribution < -0.4 is 4.74 Å². The Morgan fingerprint density at radius 2 is 1.61 bits per heavy atom. The summed E-state index contributed by atoms with van der Waals surface area (Å²) in [5.74, 6) is 0.412. The first kappa shape index (κ1) is 12.4. The molecule has 0 unspecified atom stereocenters. The van der Waals surface area contributed by atoms with Gasteiger partial charge in [-0.3, -0.25) is 4.79 Å². The van der Waals surface area contributed by atoms with E-state index in [4.69, 9.17) is 4.74 Å². The lowest BCUT2D eigenvalue weighted by molar-refractivity contribution is -0.133. The molecule has 2 aromatic carbocycles. The maximum atomic E-state index is 11.4. The summed E-state index contributed by atoms with van der Waals surface area (Å²) in [5.41, 5.74) is 3.21. The van der Waals surface area contributed by atoms with Crippen LogP contribution in [0.2, 0.25) is 0 Å². The Balaban J connectivity index is 2.45. The molecule has 18 heavy (non-hydrogen) atoms. The third-order valence-electron chi connectivity index (χ3n) is 2.83. The van der Waals surface area contributed by atoms with Crippen molar-refractivity contribution in [2.45, 2.75) is 20.3 Å². The van der Waals surface area contributed by atoms with E-state index in [0.717, 1.165) is 16.7 Å². The molecule has 2 rings (SSSR count). The summed E-state index contributed by atoms with van der Waals surface area (Å²) in [6, 6.07) is 15.7. The minimum absolute atomic E-state index is 0.212. The molecule has 0 saturated carbocycles. The van der Waals surface area contributed by atoms with Gasteiger partial charge in [-0.2, -0.15) is 0 Å². The second-order valence-corrected chi connectivity index (χ2v) is 4.14. The zero-order valence-corrected chi connectivity index (χ0v) is 10.6. The molecule has 0 aliphatic carbocycles. The third-order valence-corrected chi connectivity index (χ3v) is 2.83. The monoisotopic (exact) mass is 240 g/mol. The predicted octanol–water partition coefficient (Wildman–Crippen LogP) is 3.98. The lowest BCUT2D eigenvalue weighted by atomic mass is 10.00. The molecule has 0 bridgehead atoms. The number of carbonyl (C=O) groups excluding carboxylic acids is 1. The van der Waals surface area contributed by atoms with Crippen molar-refractivity contribution in [1.82, 2.24) is 0 Å². The van der Waals surface area contributed by atoms with Crippen molar-refractivity contribution < 1.29 is 9.53 Å². The maximum Gasteiger partial charge on any atom is 0.310 e. The average molecular weight is 240 g/mol. The largest absolute Gasteiger partial charge is 0.426 e. The van der Waals surface area contributed by atoms with E-state index >= 15 is 0 Å². The third kappa shape index (κ3) is 2.59. The molecule has 2 nitrogen and oxygen atoms in total. The Hall–Kier alpha value is -2.09. The highest BCUT2D eigenvalue weighted by Gasteiger charge is 2.10. The summed E-state index contributed by atoms with van der Waals surface area (Å²) < 4.78 is 5.37. The topological polar surface area (TPSA) is 26.3 Å². The van der Waals surface area contributed by atoms with Gasteiger partial charge >= 0.3 is 5.97 Å².